The van der Waals surface area contributed by atoms with Crippen molar-refractivity contribution in [3.8, 4) is 0 Å². The molecule has 0 radical (unpaired) electrons. The average Bonchev–Trinajstić information content (AvgIpc) is 2.70. The topological polar surface area (TPSA) is 60.9 Å². The fraction of sp³-hybridized carbons (Fsp3) is 0.304. The van der Waals surface area contributed by atoms with Crippen LogP contribution in [-0.2, 0) is 9.59 Å². The highest BCUT2D eigenvalue weighted by atomic mass is 16.3. The number of likely N-dealkylation sites (N-methyl/N-ethyl adjacent to an activating group) is 1. The first kappa shape index (κ1) is 21.4. The highest BCUT2D eigenvalue weighted by molar-refractivity contribution is 6.02. The summed E-state index contributed by atoms with van der Waals surface area (Å²) in [5, 5.41) is 10.9. The van der Waals surface area contributed by atoms with Crippen molar-refractivity contribution in [3.63, 3.8) is 0 Å². The van der Waals surface area contributed by atoms with Gasteiger partial charge in [0.05, 0.1) is 0 Å². The normalized spacial score (nSPS) is 12.2. The second kappa shape index (κ2) is 8.40. The van der Waals surface area contributed by atoms with Crippen molar-refractivity contribution in [2.45, 2.75) is 26.9 Å². The molecule has 28 heavy (non-hydrogen) atoms. The van der Waals surface area contributed by atoms with Crippen molar-refractivity contribution in [2.75, 3.05) is 23.9 Å². The average molecular weight is 380 g/mol. The number of anilines is 2. The molecule has 5 nitrogen and oxygen atoms in total. The van der Waals surface area contributed by atoms with E-state index in [9.17, 15) is 14.7 Å². The number of carbonyl (C=O) groups excluding carboxylic acids is 2. The third kappa shape index (κ3) is 4.67. The van der Waals surface area contributed by atoms with E-state index in [1.807, 2.05) is 51.1 Å². The lowest BCUT2D eigenvalue weighted by atomic mass is 9.94. The maximum absolute atomic E-state index is 12.8. The van der Waals surface area contributed by atoms with Gasteiger partial charge in [-0.05, 0) is 35.4 Å². The molecule has 0 aliphatic rings. The van der Waals surface area contributed by atoms with Gasteiger partial charge in [0, 0.05) is 30.9 Å². The summed E-state index contributed by atoms with van der Waals surface area (Å²) in [6.45, 7) is 9.08. The van der Waals surface area contributed by atoms with Crippen molar-refractivity contribution in [3.05, 3.63) is 72.3 Å². The Hall–Kier alpha value is -2.92. The van der Waals surface area contributed by atoms with E-state index >= 15 is 0 Å². The summed E-state index contributed by atoms with van der Waals surface area (Å²) in [5.74, 6) is -0.343. The van der Waals surface area contributed by atoms with Crippen molar-refractivity contribution in [1.82, 2.24) is 0 Å². The number of hydrogen-bond acceptors (Lipinski definition) is 3. The minimum atomic E-state index is -0.884. The zero-order valence-corrected chi connectivity index (χ0v) is 17.1. The summed E-state index contributed by atoms with van der Waals surface area (Å²) in [4.78, 5) is 27.8. The van der Waals surface area contributed by atoms with Gasteiger partial charge in [-0.25, -0.2) is 0 Å². The van der Waals surface area contributed by atoms with Crippen LogP contribution >= 0.6 is 0 Å². The summed E-state index contributed by atoms with van der Waals surface area (Å²) in [7, 11) is 3.33. The Labute approximate surface area is 166 Å². The highest BCUT2D eigenvalue weighted by Crippen LogP contribution is 2.32. The quantitative estimate of drug-likeness (QED) is 0.800. The van der Waals surface area contributed by atoms with E-state index in [1.165, 1.54) is 11.0 Å². The largest absolute Gasteiger partial charge is 0.384 e. The van der Waals surface area contributed by atoms with Crippen molar-refractivity contribution >= 4 is 23.2 Å². The highest BCUT2D eigenvalue weighted by Gasteiger charge is 2.27. The molecule has 0 aromatic heterocycles. The molecular weight excluding hydrogens is 352 g/mol. The first-order valence-electron chi connectivity index (χ1n) is 9.12. The molecule has 2 aromatic carbocycles. The summed E-state index contributed by atoms with van der Waals surface area (Å²) in [5.41, 5.74) is 1.93. The maximum Gasteiger partial charge on any atom is 0.250 e. The first-order chi connectivity index (χ1) is 13.1. The SMILES string of the molecule is C=CC(=O)N(C)c1cc(C(O)c2ccccc2)cc(N(C)C(=O)C(C)(C)C)c1. The fourth-order valence-corrected chi connectivity index (χ4v) is 2.88. The van der Waals surface area contributed by atoms with Crippen LogP contribution in [0, 0.1) is 5.41 Å². The summed E-state index contributed by atoms with van der Waals surface area (Å²) >= 11 is 0. The molecular formula is C23H28N2O3. The van der Waals surface area contributed by atoms with Gasteiger partial charge in [0.2, 0.25) is 11.8 Å². The van der Waals surface area contributed by atoms with Crippen LogP contribution in [0.5, 0.6) is 0 Å². The number of carbonyl (C=O) groups is 2. The van der Waals surface area contributed by atoms with Gasteiger partial charge < -0.3 is 14.9 Å². The third-order valence-corrected chi connectivity index (χ3v) is 4.58. The van der Waals surface area contributed by atoms with E-state index < -0.39 is 11.5 Å². The van der Waals surface area contributed by atoms with E-state index in [0.717, 1.165) is 5.56 Å². The van der Waals surface area contributed by atoms with E-state index in [2.05, 4.69) is 6.58 Å². The molecule has 1 atom stereocenters. The minimum Gasteiger partial charge on any atom is -0.384 e. The van der Waals surface area contributed by atoms with Crippen LogP contribution in [0.25, 0.3) is 0 Å². The van der Waals surface area contributed by atoms with Gasteiger partial charge in [-0.2, -0.15) is 0 Å². The molecule has 5 heteroatoms. The van der Waals surface area contributed by atoms with Gasteiger partial charge >= 0.3 is 0 Å². The predicted octanol–water partition coefficient (Wildman–Crippen LogP) is 3.93. The molecule has 2 rings (SSSR count). The molecule has 0 aliphatic carbocycles. The Morgan fingerprint density at radius 3 is 2.00 bits per heavy atom. The molecule has 148 valence electrons. The Kier molecular flexibility index (Phi) is 6.41. The summed E-state index contributed by atoms with van der Waals surface area (Å²) in [6, 6.07) is 14.5. The lowest BCUT2D eigenvalue weighted by Gasteiger charge is -2.28. The Morgan fingerprint density at radius 1 is 0.964 bits per heavy atom. The second-order valence-electron chi connectivity index (χ2n) is 7.81. The van der Waals surface area contributed by atoms with Gasteiger partial charge in [0.15, 0.2) is 0 Å². The maximum atomic E-state index is 12.8. The van der Waals surface area contributed by atoms with Crippen LogP contribution in [0.3, 0.4) is 0 Å². The lowest BCUT2D eigenvalue weighted by Crippen LogP contribution is -2.37. The number of benzene rings is 2. The molecule has 0 aliphatic heterocycles. The number of aliphatic hydroxyl groups excluding tert-OH is 1. The molecule has 2 amide bonds. The smallest absolute Gasteiger partial charge is 0.250 e. The van der Waals surface area contributed by atoms with Crippen LogP contribution in [0.15, 0.2) is 61.2 Å². The van der Waals surface area contributed by atoms with Crippen molar-refractivity contribution < 1.29 is 14.7 Å². The van der Waals surface area contributed by atoms with E-state index in [-0.39, 0.29) is 11.8 Å². The van der Waals surface area contributed by atoms with Crippen LogP contribution < -0.4 is 9.80 Å². The minimum absolute atomic E-state index is 0.0671. The van der Waals surface area contributed by atoms with E-state index in [4.69, 9.17) is 0 Å². The van der Waals surface area contributed by atoms with E-state index in [1.54, 1.807) is 37.2 Å². The Bertz CT molecular complexity index is 869. The summed E-state index contributed by atoms with van der Waals surface area (Å²) in [6.07, 6.45) is 0.342. The predicted molar refractivity (Wildman–Crippen MR) is 113 cm³/mol. The number of hydrogen-bond donors (Lipinski definition) is 1. The van der Waals surface area contributed by atoms with Crippen LogP contribution in [-0.4, -0.2) is 31.0 Å². The molecule has 1 unspecified atom stereocenters. The zero-order chi connectivity index (χ0) is 21.1. The van der Waals surface area contributed by atoms with Crippen LogP contribution in [0.1, 0.15) is 38.0 Å². The molecule has 0 bridgehead atoms. The van der Waals surface area contributed by atoms with Gasteiger partial charge in [-0.15, -0.1) is 0 Å². The number of amides is 2. The van der Waals surface area contributed by atoms with Gasteiger partial charge in [0.1, 0.15) is 6.10 Å². The standard InChI is InChI=1S/C23H28N2O3/c1-7-20(26)24(5)18-13-17(21(27)16-11-9-8-10-12-16)14-19(15-18)25(6)22(28)23(2,3)4/h7-15,21,27H,1H2,2-6H3. The van der Waals surface area contributed by atoms with Crippen molar-refractivity contribution in [2.24, 2.45) is 5.41 Å². The molecule has 0 saturated heterocycles. The first-order valence-corrected chi connectivity index (χ1v) is 9.12. The fourth-order valence-electron chi connectivity index (χ4n) is 2.88. The van der Waals surface area contributed by atoms with Gasteiger partial charge in [-0.1, -0.05) is 57.7 Å². The van der Waals surface area contributed by atoms with Crippen LogP contribution in [0.2, 0.25) is 0 Å². The molecule has 0 saturated carbocycles. The van der Waals surface area contributed by atoms with Gasteiger partial charge in [0.25, 0.3) is 0 Å². The van der Waals surface area contributed by atoms with Gasteiger partial charge in [-0.3, -0.25) is 9.59 Å². The third-order valence-electron chi connectivity index (χ3n) is 4.58. The number of nitrogens with zero attached hydrogens (tertiary/aromatic N) is 2. The number of rotatable bonds is 5. The van der Waals surface area contributed by atoms with Crippen molar-refractivity contribution in [1.29, 1.82) is 0 Å². The lowest BCUT2D eigenvalue weighted by molar-refractivity contribution is -0.125. The monoisotopic (exact) mass is 380 g/mol. The molecule has 0 fully saturated rings. The Balaban J connectivity index is 2.57. The molecule has 2 aromatic rings. The number of aliphatic hydroxyl groups is 1. The molecule has 1 N–H and O–H groups in total. The zero-order valence-electron chi connectivity index (χ0n) is 17.1. The molecule has 0 spiro atoms. The Morgan fingerprint density at radius 2 is 1.50 bits per heavy atom. The summed E-state index contributed by atoms with van der Waals surface area (Å²) < 4.78 is 0. The van der Waals surface area contributed by atoms with E-state index in [0.29, 0.717) is 16.9 Å². The second-order valence-corrected chi connectivity index (χ2v) is 7.81. The molecule has 0 heterocycles. The van der Waals surface area contributed by atoms with Crippen LogP contribution in [0.4, 0.5) is 11.4 Å².